The Hall–Kier alpha value is -0.360. The standard InChI is InChI=1S/C14H16Br2N2S/c1-18(8-13-6-11(15)9-19-13)12-3-2-10(4-5-17)14(16)7-12/h2-3,6-7,9H,4-5,8,17H2,1H3. The summed E-state index contributed by atoms with van der Waals surface area (Å²) < 4.78 is 2.29. The van der Waals surface area contributed by atoms with Gasteiger partial charge < -0.3 is 10.6 Å². The van der Waals surface area contributed by atoms with Crippen LogP contribution in [0.4, 0.5) is 5.69 Å². The van der Waals surface area contributed by atoms with Crippen molar-refractivity contribution in [3.63, 3.8) is 0 Å². The van der Waals surface area contributed by atoms with Crippen molar-refractivity contribution in [2.45, 2.75) is 13.0 Å². The normalized spacial score (nSPS) is 10.7. The molecule has 0 saturated heterocycles. The first-order valence-electron chi connectivity index (χ1n) is 6.02. The molecule has 19 heavy (non-hydrogen) atoms. The summed E-state index contributed by atoms with van der Waals surface area (Å²) in [7, 11) is 2.11. The van der Waals surface area contributed by atoms with Gasteiger partial charge in [-0.25, -0.2) is 0 Å². The number of hydrogen-bond acceptors (Lipinski definition) is 3. The van der Waals surface area contributed by atoms with E-state index in [2.05, 4.69) is 73.5 Å². The van der Waals surface area contributed by atoms with Crippen LogP contribution in [0.3, 0.4) is 0 Å². The van der Waals surface area contributed by atoms with Crippen molar-refractivity contribution in [1.82, 2.24) is 0 Å². The molecule has 2 aromatic rings. The van der Waals surface area contributed by atoms with Crippen LogP contribution in [-0.2, 0) is 13.0 Å². The Bertz CT molecular complexity index is 554. The van der Waals surface area contributed by atoms with Crippen molar-refractivity contribution in [2.24, 2.45) is 5.73 Å². The van der Waals surface area contributed by atoms with Crippen LogP contribution in [0.2, 0.25) is 0 Å². The molecule has 102 valence electrons. The van der Waals surface area contributed by atoms with Gasteiger partial charge in [0.1, 0.15) is 0 Å². The highest BCUT2D eigenvalue weighted by Gasteiger charge is 2.07. The second kappa shape index (κ2) is 6.88. The van der Waals surface area contributed by atoms with E-state index in [1.807, 2.05) is 0 Å². The van der Waals surface area contributed by atoms with Gasteiger partial charge in [0.2, 0.25) is 0 Å². The largest absolute Gasteiger partial charge is 0.369 e. The number of nitrogens with zero attached hydrogens (tertiary/aromatic N) is 1. The summed E-state index contributed by atoms with van der Waals surface area (Å²) in [5, 5.41) is 2.11. The minimum atomic E-state index is 0.678. The van der Waals surface area contributed by atoms with E-state index in [1.165, 1.54) is 16.1 Å². The van der Waals surface area contributed by atoms with Crippen molar-refractivity contribution in [1.29, 1.82) is 0 Å². The minimum Gasteiger partial charge on any atom is -0.369 e. The zero-order chi connectivity index (χ0) is 13.8. The van der Waals surface area contributed by atoms with Crippen molar-refractivity contribution < 1.29 is 0 Å². The van der Waals surface area contributed by atoms with Gasteiger partial charge in [0.25, 0.3) is 0 Å². The molecule has 0 unspecified atom stereocenters. The Kier molecular flexibility index (Phi) is 5.45. The van der Waals surface area contributed by atoms with E-state index in [1.54, 1.807) is 11.3 Å². The summed E-state index contributed by atoms with van der Waals surface area (Å²) >= 11 is 8.88. The van der Waals surface area contributed by atoms with E-state index in [-0.39, 0.29) is 0 Å². The van der Waals surface area contributed by atoms with E-state index in [0.29, 0.717) is 6.54 Å². The Morgan fingerprint density at radius 2 is 2.05 bits per heavy atom. The van der Waals surface area contributed by atoms with Crippen LogP contribution < -0.4 is 10.6 Å². The summed E-state index contributed by atoms with van der Waals surface area (Å²) in [4.78, 5) is 3.59. The van der Waals surface area contributed by atoms with E-state index in [4.69, 9.17) is 5.73 Å². The SMILES string of the molecule is CN(Cc1cc(Br)cs1)c1ccc(CCN)c(Br)c1. The molecule has 1 aromatic carbocycles. The fourth-order valence-electron chi connectivity index (χ4n) is 1.89. The maximum atomic E-state index is 5.60. The second-order valence-corrected chi connectivity index (χ2v) is 7.17. The molecule has 0 bridgehead atoms. The van der Waals surface area contributed by atoms with Gasteiger partial charge >= 0.3 is 0 Å². The molecule has 1 aromatic heterocycles. The quantitative estimate of drug-likeness (QED) is 0.800. The predicted molar refractivity (Wildman–Crippen MR) is 91.0 cm³/mol. The molecule has 0 aliphatic rings. The first-order valence-corrected chi connectivity index (χ1v) is 8.49. The molecule has 0 saturated carbocycles. The highest BCUT2D eigenvalue weighted by Crippen LogP contribution is 2.27. The van der Waals surface area contributed by atoms with Gasteiger partial charge in [0, 0.05) is 31.9 Å². The summed E-state index contributed by atoms with van der Waals surface area (Å²) in [6, 6.07) is 8.62. The number of rotatable bonds is 5. The van der Waals surface area contributed by atoms with Gasteiger partial charge in [0.05, 0.1) is 6.54 Å². The highest BCUT2D eigenvalue weighted by atomic mass is 79.9. The number of nitrogens with two attached hydrogens (primary N) is 1. The first-order chi connectivity index (χ1) is 9.10. The molecule has 1 heterocycles. The smallest absolute Gasteiger partial charge is 0.0519 e. The van der Waals surface area contributed by atoms with Crippen LogP contribution in [0.1, 0.15) is 10.4 Å². The lowest BCUT2D eigenvalue weighted by Gasteiger charge is -2.19. The monoisotopic (exact) mass is 402 g/mol. The molecule has 0 amide bonds. The maximum Gasteiger partial charge on any atom is 0.0519 e. The minimum absolute atomic E-state index is 0.678. The van der Waals surface area contributed by atoms with Crippen molar-refractivity contribution >= 4 is 48.9 Å². The molecule has 2 N–H and O–H groups in total. The topological polar surface area (TPSA) is 29.3 Å². The number of benzene rings is 1. The van der Waals surface area contributed by atoms with Crippen LogP contribution >= 0.6 is 43.2 Å². The zero-order valence-corrected chi connectivity index (χ0v) is 14.7. The highest BCUT2D eigenvalue weighted by molar-refractivity contribution is 9.10. The average molecular weight is 404 g/mol. The van der Waals surface area contributed by atoms with E-state index < -0.39 is 0 Å². The van der Waals surface area contributed by atoms with Gasteiger partial charge in [0.15, 0.2) is 0 Å². The predicted octanol–water partition coefficient (Wildman–Crippen LogP) is 4.41. The molecule has 0 radical (unpaired) electrons. The van der Waals surface area contributed by atoms with Gasteiger partial charge in [-0.05, 0) is 52.7 Å². The molecule has 2 nitrogen and oxygen atoms in total. The Labute approximate surface area is 134 Å². The van der Waals surface area contributed by atoms with Gasteiger partial charge in [-0.15, -0.1) is 11.3 Å². The van der Waals surface area contributed by atoms with Crippen LogP contribution in [-0.4, -0.2) is 13.6 Å². The molecule has 5 heteroatoms. The van der Waals surface area contributed by atoms with Gasteiger partial charge in [-0.2, -0.15) is 0 Å². The summed E-state index contributed by atoms with van der Waals surface area (Å²) in [5.41, 5.74) is 8.07. The summed E-state index contributed by atoms with van der Waals surface area (Å²) in [5.74, 6) is 0. The average Bonchev–Trinajstić information content (AvgIpc) is 2.77. The van der Waals surface area contributed by atoms with Gasteiger partial charge in [-0.3, -0.25) is 0 Å². The van der Waals surface area contributed by atoms with Crippen LogP contribution in [0, 0.1) is 0 Å². The maximum absolute atomic E-state index is 5.60. The van der Waals surface area contributed by atoms with Crippen LogP contribution in [0.25, 0.3) is 0 Å². The lowest BCUT2D eigenvalue weighted by atomic mass is 10.1. The lowest BCUT2D eigenvalue weighted by molar-refractivity contribution is 0.931. The fourth-order valence-corrected chi connectivity index (χ4v) is 3.96. The Morgan fingerprint density at radius 1 is 1.26 bits per heavy atom. The zero-order valence-electron chi connectivity index (χ0n) is 10.7. The number of anilines is 1. The summed E-state index contributed by atoms with van der Waals surface area (Å²) in [6.45, 7) is 1.59. The number of halogens is 2. The summed E-state index contributed by atoms with van der Waals surface area (Å²) in [6.07, 6.45) is 0.905. The van der Waals surface area contributed by atoms with Crippen molar-refractivity contribution in [3.05, 3.63) is 49.0 Å². The third-order valence-corrected chi connectivity index (χ3v) is 5.33. The van der Waals surface area contributed by atoms with Crippen LogP contribution in [0.5, 0.6) is 0 Å². The molecular weight excluding hydrogens is 388 g/mol. The van der Waals surface area contributed by atoms with E-state index in [9.17, 15) is 0 Å². The number of hydrogen-bond donors (Lipinski definition) is 1. The molecule has 0 fully saturated rings. The number of thiophene rings is 1. The van der Waals surface area contributed by atoms with Crippen molar-refractivity contribution in [3.8, 4) is 0 Å². The molecule has 0 atom stereocenters. The first kappa shape index (κ1) is 15.0. The molecule has 0 aliphatic heterocycles. The van der Waals surface area contributed by atoms with Gasteiger partial charge in [-0.1, -0.05) is 22.0 Å². The second-order valence-electron chi connectivity index (χ2n) is 4.40. The van der Waals surface area contributed by atoms with Crippen LogP contribution in [0.15, 0.2) is 38.6 Å². The molecule has 0 aliphatic carbocycles. The third kappa shape index (κ3) is 4.05. The molecular formula is C14H16Br2N2S. The van der Waals surface area contributed by atoms with E-state index in [0.717, 1.165) is 21.9 Å². The molecule has 2 rings (SSSR count). The molecule has 0 spiro atoms. The van der Waals surface area contributed by atoms with E-state index >= 15 is 0 Å². The fraction of sp³-hybridized carbons (Fsp3) is 0.286. The van der Waals surface area contributed by atoms with Crippen molar-refractivity contribution in [2.75, 3.05) is 18.5 Å². The third-order valence-electron chi connectivity index (χ3n) is 2.91. The lowest BCUT2D eigenvalue weighted by Crippen LogP contribution is -2.15. The Morgan fingerprint density at radius 3 is 2.63 bits per heavy atom. The Balaban J connectivity index is 2.10.